The van der Waals surface area contributed by atoms with Gasteiger partial charge in [0.1, 0.15) is 0 Å². The zero-order valence-electron chi connectivity index (χ0n) is 19.1. The van der Waals surface area contributed by atoms with Gasteiger partial charge in [0.15, 0.2) is 13.1 Å². The predicted octanol–water partition coefficient (Wildman–Crippen LogP) is 7.37. The van der Waals surface area contributed by atoms with Crippen LogP contribution in [0, 0.1) is 0 Å². The first-order valence-electron chi connectivity index (χ1n) is 11.7. The molecule has 4 nitrogen and oxygen atoms in total. The Morgan fingerprint density at radius 3 is 1.89 bits per heavy atom. The van der Waals surface area contributed by atoms with E-state index in [1.54, 1.807) is 20.5 Å². The summed E-state index contributed by atoms with van der Waals surface area (Å²) in [6.45, 7) is 3.47. The Morgan fingerprint density at radius 1 is 0.679 bits per heavy atom. The normalized spacial score (nSPS) is 11.7. The third kappa shape index (κ3) is 21.7. The van der Waals surface area contributed by atoms with Crippen molar-refractivity contribution in [2.75, 3.05) is 27.6 Å². The topological polar surface area (TPSA) is 36.9 Å². The summed E-state index contributed by atoms with van der Waals surface area (Å²) in [5.41, 5.74) is 0. The molecule has 168 valence electrons. The maximum atomic E-state index is 5.49. The van der Waals surface area contributed by atoms with Crippen LogP contribution < -0.4 is 0 Å². The number of ether oxygens (including phenoxy) is 4. The van der Waals surface area contributed by atoms with Crippen molar-refractivity contribution in [1.82, 2.24) is 0 Å². The summed E-state index contributed by atoms with van der Waals surface area (Å²) in [5.74, 6) is 0. The van der Waals surface area contributed by atoms with Crippen molar-refractivity contribution in [3.05, 3.63) is 12.3 Å². The Morgan fingerprint density at radius 2 is 1.25 bits per heavy atom. The molecule has 0 spiro atoms. The number of hydrogen-bond donors (Lipinski definition) is 0. The highest BCUT2D eigenvalue weighted by Gasteiger charge is 2.03. The van der Waals surface area contributed by atoms with Crippen molar-refractivity contribution in [1.29, 1.82) is 0 Å². The van der Waals surface area contributed by atoms with E-state index < -0.39 is 0 Å². The van der Waals surface area contributed by atoms with Crippen molar-refractivity contribution >= 4 is 0 Å². The maximum absolute atomic E-state index is 5.49. The third-order valence-electron chi connectivity index (χ3n) is 5.07. The van der Waals surface area contributed by atoms with Crippen LogP contribution in [0.1, 0.15) is 110 Å². The first kappa shape index (κ1) is 27.4. The van der Waals surface area contributed by atoms with Crippen LogP contribution in [0.25, 0.3) is 0 Å². The molecule has 0 unspecified atom stereocenters. The molecule has 0 atom stereocenters. The smallest absolute Gasteiger partial charge is 0.188 e. The van der Waals surface area contributed by atoms with Crippen LogP contribution in [0.2, 0.25) is 0 Å². The lowest BCUT2D eigenvalue weighted by atomic mass is 10.1. The van der Waals surface area contributed by atoms with E-state index in [0.29, 0.717) is 6.79 Å². The lowest BCUT2D eigenvalue weighted by molar-refractivity contribution is -0.107. The van der Waals surface area contributed by atoms with E-state index in [1.807, 2.05) is 0 Å². The van der Waals surface area contributed by atoms with E-state index in [9.17, 15) is 0 Å². The molecule has 0 heterocycles. The van der Waals surface area contributed by atoms with E-state index >= 15 is 0 Å². The molecule has 0 aliphatic rings. The van der Waals surface area contributed by atoms with Gasteiger partial charge in [-0.25, -0.2) is 0 Å². The molecule has 0 aliphatic heterocycles. The Kier molecular flexibility index (Phi) is 24.0. The number of rotatable bonds is 23. The standard InChI is InChI=1S/C24H48O4/c1-4-5-6-7-12-15-18-21-27-23-28-22-19-16-13-10-8-9-11-14-17-20-24(25-2)26-3/h19,22,24H,4-18,20-21,23H2,1-3H3. The second kappa shape index (κ2) is 24.5. The number of hydrogen-bond acceptors (Lipinski definition) is 4. The Balaban J connectivity index is 3.12. The van der Waals surface area contributed by atoms with Gasteiger partial charge in [0.25, 0.3) is 0 Å². The highest BCUT2D eigenvalue weighted by atomic mass is 16.7. The highest BCUT2D eigenvalue weighted by molar-refractivity contribution is 4.72. The van der Waals surface area contributed by atoms with Crippen LogP contribution >= 0.6 is 0 Å². The Hall–Kier alpha value is -0.580. The number of allylic oxidation sites excluding steroid dienone is 1. The molecule has 0 fully saturated rings. The van der Waals surface area contributed by atoms with Gasteiger partial charge in [0, 0.05) is 14.2 Å². The van der Waals surface area contributed by atoms with Crippen LogP contribution in [-0.2, 0) is 18.9 Å². The maximum Gasteiger partial charge on any atom is 0.188 e. The first-order valence-corrected chi connectivity index (χ1v) is 11.7. The van der Waals surface area contributed by atoms with E-state index in [0.717, 1.165) is 25.9 Å². The second-order valence-corrected chi connectivity index (χ2v) is 7.64. The number of methoxy groups -OCH3 is 2. The molecule has 0 saturated carbocycles. The lowest BCUT2D eigenvalue weighted by Gasteiger charge is -2.12. The molecule has 0 aromatic rings. The molecule has 0 radical (unpaired) electrons. The predicted molar refractivity (Wildman–Crippen MR) is 118 cm³/mol. The molecule has 0 aromatic heterocycles. The van der Waals surface area contributed by atoms with Crippen molar-refractivity contribution in [2.45, 2.75) is 116 Å². The summed E-state index contributed by atoms with van der Waals surface area (Å²) in [6, 6.07) is 0. The minimum absolute atomic E-state index is 0.0280. The van der Waals surface area contributed by atoms with Gasteiger partial charge in [-0.15, -0.1) is 0 Å². The molecule has 0 aliphatic carbocycles. The molecule has 0 saturated heterocycles. The molecule has 0 aromatic carbocycles. The largest absolute Gasteiger partial charge is 0.475 e. The fraction of sp³-hybridized carbons (Fsp3) is 0.917. The van der Waals surface area contributed by atoms with Crippen LogP contribution in [0.4, 0.5) is 0 Å². The Labute approximate surface area is 175 Å². The minimum atomic E-state index is -0.0280. The average molecular weight is 401 g/mol. The van der Waals surface area contributed by atoms with Gasteiger partial charge in [-0.3, -0.25) is 0 Å². The van der Waals surface area contributed by atoms with E-state index in [2.05, 4.69) is 13.0 Å². The van der Waals surface area contributed by atoms with E-state index in [4.69, 9.17) is 18.9 Å². The van der Waals surface area contributed by atoms with Crippen LogP contribution in [-0.4, -0.2) is 33.9 Å². The molecule has 0 rings (SSSR count). The van der Waals surface area contributed by atoms with Crippen LogP contribution in [0.3, 0.4) is 0 Å². The van der Waals surface area contributed by atoms with E-state index in [1.165, 1.54) is 83.5 Å². The molecule has 0 bridgehead atoms. The van der Waals surface area contributed by atoms with Gasteiger partial charge in [0.05, 0.1) is 12.9 Å². The summed E-state index contributed by atoms with van der Waals surface area (Å²) < 4.78 is 21.3. The SMILES string of the molecule is CCCCCCCCCOCOC=CCCCCCCCCCC(OC)OC. The summed E-state index contributed by atoms with van der Waals surface area (Å²) in [4.78, 5) is 0. The van der Waals surface area contributed by atoms with Crippen LogP contribution in [0.5, 0.6) is 0 Å². The summed E-state index contributed by atoms with van der Waals surface area (Å²) in [5, 5.41) is 0. The molecular formula is C24H48O4. The Bertz CT molecular complexity index is 303. The van der Waals surface area contributed by atoms with Crippen LogP contribution in [0.15, 0.2) is 12.3 Å². The van der Waals surface area contributed by atoms with Gasteiger partial charge in [0.2, 0.25) is 0 Å². The van der Waals surface area contributed by atoms with Crippen molar-refractivity contribution in [3.8, 4) is 0 Å². The molecule has 28 heavy (non-hydrogen) atoms. The van der Waals surface area contributed by atoms with Gasteiger partial charge < -0.3 is 18.9 Å². The molecule has 0 amide bonds. The number of unbranched alkanes of at least 4 members (excludes halogenated alkanes) is 13. The van der Waals surface area contributed by atoms with Gasteiger partial charge in [-0.2, -0.15) is 0 Å². The minimum Gasteiger partial charge on any atom is -0.475 e. The van der Waals surface area contributed by atoms with Crippen molar-refractivity contribution in [2.24, 2.45) is 0 Å². The third-order valence-corrected chi connectivity index (χ3v) is 5.07. The van der Waals surface area contributed by atoms with Crippen molar-refractivity contribution < 1.29 is 18.9 Å². The lowest BCUT2D eigenvalue weighted by Crippen LogP contribution is -2.12. The zero-order valence-corrected chi connectivity index (χ0v) is 19.1. The van der Waals surface area contributed by atoms with Gasteiger partial charge in [-0.05, 0) is 38.2 Å². The summed E-state index contributed by atoms with van der Waals surface area (Å²) in [6.07, 6.45) is 24.2. The fourth-order valence-corrected chi connectivity index (χ4v) is 3.23. The fourth-order valence-electron chi connectivity index (χ4n) is 3.23. The average Bonchev–Trinajstić information content (AvgIpc) is 2.72. The molecular weight excluding hydrogens is 352 g/mol. The summed E-state index contributed by atoms with van der Waals surface area (Å²) >= 11 is 0. The molecule has 4 heteroatoms. The quantitative estimate of drug-likeness (QED) is 0.102. The molecule has 0 N–H and O–H groups in total. The van der Waals surface area contributed by atoms with E-state index in [-0.39, 0.29) is 6.29 Å². The highest BCUT2D eigenvalue weighted by Crippen LogP contribution is 2.12. The van der Waals surface area contributed by atoms with Gasteiger partial charge >= 0.3 is 0 Å². The monoisotopic (exact) mass is 400 g/mol. The summed E-state index contributed by atoms with van der Waals surface area (Å²) in [7, 11) is 3.41. The zero-order chi connectivity index (χ0) is 20.5. The second-order valence-electron chi connectivity index (χ2n) is 7.64. The van der Waals surface area contributed by atoms with Gasteiger partial charge in [-0.1, -0.05) is 77.6 Å². The van der Waals surface area contributed by atoms with Crippen molar-refractivity contribution in [3.63, 3.8) is 0 Å². The first-order chi connectivity index (χ1) is 13.8.